The number of benzene rings is 1. The molecule has 2 rings (SSSR count). The van der Waals surface area contributed by atoms with Crippen LogP contribution in [0.25, 0.3) is 0 Å². The molecule has 0 unspecified atom stereocenters. The number of amides is 1. The lowest BCUT2D eigenvalue weighted by atomic mass is 10.1. The average molecular weight is 277 g/mol. The van der Waals surface area contributed by atoms with E-state index in [4.69, 9.17) is 0 Å². The summed E-state index contributed by atoms with van der Waals surface area (Å²) in [5.74, 6) is -0.859. The zero-order valence-electron chi connectivity index (χ0n) is 11.0. The molecule has 0 aliphatic heterocycles. The van der Waals surface area contributed by atoms with E-state index in [1.807, 2.05) is 0 Å². The van der Waals surface area contributed by atoms with E-state index >= 15 is 0 Å². The highest BCUT2D eigenvalue weighted by Gasteiger charge is 2.23. The Bertz CT molecular complexity index is 536. The molecule has 1 fully saturated rings. The molecule has 0 aromatic heterocycles. The van der Waals surface area contributed by atoms with Crippen LogP contribution in [0.1, 0.15) is 33.6 Å². The van der Waals surface area contributed by atoms with Crippen LogP contribution in [-0.2, 0) is 9.47 Å². The van der Waals surface area contributed by atoms with Crippen LogP contribution in [-0.4, -0.2) is 31.7 Å². The summed E-state index contributed by atoms with van der Waals surface area (Å²) in [6, 6.07) is 5.81. The van der Waals surface area contributed by atoms with Crippen molar-refractivity contribution in [1.29, 1.82) is 0 Å². The van der Waals surface area contributed by atoms with E-state index < -0.39 is 18.0 Å². The van der Waals surface area contributed by atoms with Gasteiger partial charge in [-0.15, -0.1) is 0 Å². The van der Waals surface area contributed by atoms with E-state index in [2.05, 4.69) is 14.8 Å². The molecule has 0 heterocycles. The molecule has 1 N–H and O–H groups in total. The maximum atomic E-state index is 11.7. The Balaban J connectivity index is 1.93. The maximum Gasteiger partial charge on any atom is 0.415 e. The fourth-order valence-electron chi connectivity index (χ4n) is 1.62. The number of nitrogens with one attached hydrogen (secondary N) is 1. The van der Waals surface area contributed by atoms with E-state index in [0.717, 1.165) is 12.8 Å². The second-order valence-electron chi connectivity index (χ2n) is 4.57. The standard InChI is InChI=1S/C14H15NO5/c1-19-12(16)10-3-2-4-11(7-10)13(17)20-14(18)15-8-9-5-6-9/h2-4,7,9H,5-6,8H2,1H3,(H,15,18). The molecule has 0 saturated heterocycles. The van der Waals surface area contributed by atoms with Crippen LogP contribution in [0.3, 0.4) is 0 Å². The number of methoxy groups -OCH3 is 1. The molecule has 0 spiro atoms. The summed E-state index contributed by atoms with van der Waals surface area (Å²) in [6.45, 7) is 0.522. The Morgan fingerprint density at radius 1 is 1.20 bits per heavy atom. The van der Waals surface area contributed by atoms with Crippen molar-refractivity contribution >= 4 is 18.0 Å². The first-order valence-corrected chi connectivity index (χ1v) is 6.28. The van der Waals surface area contributed by atoms with E-state index in [0.29, 0.717) is 12.5 Å². The van der Waals surface area contributed by atoms with Crippen molar-refractivity contribution in [1.82, 2.24) is 5.32 Å². The maximum absolute atomic E-state index is 11.7. The van der Waals surface area contributed by atoms with Gasteiger partial charge in [0.2, 0.25) is 0 Å². The smallest absolute Gasteiger partial charge is 0.415 e. The minimum absolute atomic E-state index is 0.120. The molecule has 1 aliphatic rings. The number of esters is 2. The normalized spacial score (nSPS) is 13.4. The van der Waals surface area contributed by atoms with Gasteiger partial charge in [-0.05, 0) is 37.0 Å². The summed E-state index contributed by atoms with van der Waals surface area (Å²) in [5.41, 5.74) is 0.342. The van der Waals surface area contributed by atoms with Gasteiger partial charge in [-0.3, -0.25) is 0 Å². The summed E-state index contributed by atoms with van der Waals surface area (Å²) in [7, 11) is 1.25. The molecular formula is C14H15NO5. The Kier molecular flexibility index (Phi) is 4.34. The lowest BCUT2D eigenvalue weighted by Gasteiger charge is -2.05. The number of hydrogen-bond acceptors (Lipinski definition) is 5. The van der Waals surface area contributed by atoms with Gasteiger partial charge in [0.1, 0.15) is 0 Å². The molecule has 1 aromatic carbocycles. The number of hydrogen-bond donors (Lipinski definition) is 1. The van der Waals surface area contributed by atoms with Crippen molar-refractivity contribution in [2.24, 2.45) is 5.92 Å². The van der Waals surface area contributed by atoms with Gasteiger partial charge in [0, 0.05) is 6.54 Å². The first kappa shape index (κ1) is 14.0. The van der Waals surface area contributed by atoms with Gasteiger partial charge in [0.05, 0.1) is 18.2 Å². The Hall–Kier alpha value is -2.37. The van der Waals surface area contributed by atoms with Crippen molar-refractivity contribution in [3.8, 4) is 0 Å². The summed E-state index contributed by atoms with van der Waals surface area (Å²) in [5, 5.41) is 2.52. The lowest BCUT2D eigenvalue weighted by molar-refractivity contribution is 0.0600. The largest absolute Gasteiger partial charge is 0.465 e. The van der Waals surface area contributed by atoms with Gasteiger partial charge >= 0.3 is 18.0 Å². The molecule has 1 amide bonds. The van der Waals surface area contributed by atoms with E-state index in [-0.39, 0.29) is 11.1 Å². The second-order valence-corrected chi connectivity index (χ2v) is 4.57. The predicted molar refractivity (Wildman–Crippen MR) is 69.3 cm³/mol. The minimum atomic E-state index is -0.802. The highest BCUT2D eigenvalue weighted by Crippen LogP contribution is 2.27. The zero-order valence-corrected chi connectivity index (χ0v) is 11.0. The number of carbonyl (C=O) groups is 3. The van der Waals surface area contributed by atoms with Crippen molar-refractivity contribution in [2.45, 2.75) is 12.8 Å². The molecule has 106 valence electrons. The third-order valence-electron chi connectivity index (χ3n) is 2.94. The zero-order chi connectivity index (χ0) is 14.5. The third kappa shape index (κ3) is 3.81. The van der Waals surface area contributed by atoms with E-state index in [9.17, 15) is 14.4 Å². The molecule has 0 atom stereocenters. The fourth-order valence-corrected chi connectivity index (χ4v) is 1.62. The van der Waals surface area contributed by atoms with Crippen LogP contribution in [0.15, 0.2) is 24.3 Å². The molecule has 1 aliphatic carbocycles. The monoisotopic (exact) mass is 277 g/mol. The fraction of sp³-hybridized carbons (Fsp3) is 0.357. The van der Waals surface area contributed by atoms with Gasteiger partial charge in [0.25, 0.3) is 0 Å². The Morgan fingerprint density at radius 2 is 1.85 bits per heavy atom. The first-order chi connectivity index (χ1) is 9.60. The quantitative estimate of drug-likeness (QED) is 0.669. The summed E-state index contributed by atoms with van der Waals surface area (Å²) >= 11 is 0. The van der Waals surface area contributed by atoms with Crippen molar-refractivity contribution in [3.63, 3.8) is 0 Å². The first-order valence-electron chi connectivity index (χ1n) is 6.28. The van der Waals surface area contributed by atoms with Crippen molar-refractivity contribution in [3.05, 3.63) is 35.4 Å². The summed E-state index contributed by atoms with van der Waals surface area (Å²) < 4.78 is 9.20. The predicted octanol–water partition coefficient (Wildman–Crippen LogP) is 1.75. The molecule has 6 heteroatoms. The highest BCUT2D eigenvalue weighted by atomic mass is 16.6. The lowest BCUT2D eigenvalue weighted by Crippen LogP contribution is -2.28. The number of carbonyl (C=O) groups excluding carboxylic acids is 3. The topological polar surface area (TPSA) is 81.7 Å². The Labute approximate surface area is 116 Å². The van der Waals surface area contributed by atoms with Crippen LogP contribution in [0, 0.1) is 5.92 Å². The van der Waals surface area contributed by atoms with Crippen LogP contribution in [0.5, 0.6) is 0 Å². The van der Waals surface area contributed by atoms with Gasteiger partial charge < -0.3 is 14.8 Å². The average Bonchev–Trinajstić information content (AvgIpc) is 3.28. The van der Waals surface area contributed by atoms with Crippen LogP contribution in [0.4, 0.5) is 4.79 Å². The van der Waals surface area contributed by atoms with E-state index in [1.165, 1.54) is 31.4 Å². The number of alkyl carbamates (subject to hydrolysis) is 1. The summed E-state index contributed by atoms with van der Waals surface area (Å²) in [4.78, 5) is 34.5. The van der Waals surface area contributed by atoms with Gasteiger partial charge in [-0.25, -0.2) is 14.4 Å². The van der Waals surface area contributed by atoms with Crippen molar-refractivity contribution < 1.29 is 23.9 Å². The van der Waals surface area contributed by atoms with Gasteiger partial charge in [0.15, 0.2) is 0 Å². The molecule has 1 aromatic rings. The van der Waals surface area contributed by atoms with E-state index in [1.54, 1.807) is 0 Å². The number of rotatable bonds is 4. The summed E-state index contributed by atoms with van der Waals surface area (Å²) in [6.07, 6.45) is 1.41. The molecule has 6 nitrogen and oxygen atoms in total. The van der Waals surface area contributed by atoms with Gasteiger partial charge in [-0.1, -0.05) is 6.07 Å². The third-order valence-corrected chi connectivity index (χ3v) is 2.94. The molecule has 0 radical (unpaired) electrons. The van der Waals surface area contributed by atoms with Crippen molar-refractivity contribution in [2.75, 3.05) is 13.7 Å². The molecule has 0 bridgehead atoms. The second kappa shape index (κ2) is 6.18. The molecular weight excluding hydrogens is 262 g/mol. The molecule has 1 saturated carbocycles. The highest BCUT2D eigenvalue weighted by molar-refractivity contribution is 5.99. The molecule has 20 heavy (non-hydrogen) atoms. The van der Waals surface area contributed by atoms with Crippen LogP contribution in [0.2, 0.25) is 0 Å². The Morgan fingerprint density at radius 3 is 2.45 bits per heavy atom. The SMILES string of the molecule is COC(=O)c1cccc(C(=O)OC(=O)NCC2CC2)c1. The van der Waals surface area contributed by atoms with Crippen LogP contribution < -0.4 is 5.32 Å². The van der Waals surface area contributed by atoms with Crippen LogP contribution >= 0.6 is 0 Å². The number of ether oxygens (including phenoxy) is 2. The van der Waals surface area contributed by atoms with Gasteiger partial charge in [-0.2, -0.15) is 0 Å². The minimum Gasteiger partial charge on any atom is -0.465 e.